The van der Waals surface area contributed by atoms with Gasteiger partial charge in [-0.2, -0.15) is 0 Å². The first-order valence-electron chi connectivity index (χ1n) is 10.5. The molecule has 0 saturated carbocycles. The van der Waals surface area contributed by atoms with Crippen LogP contribution in [0.4, 0.5) is 11.4 Å². The Balaban J connectivity index is 1.57. The van der Waals surface area contributed by atoms with Crippen molar-refractivity contribution in [2.45, 2.75) is 32.9 Å². The lowest BCUT2D eigenvalue weighted by Gasteiger charge is -2.31. The van der Waals surface area contributed by atoms with Gasteiger partial charge < -0.3 is 15.5 Å². The first kappa shape index (κ1) is 20.5. The Morgan fingerprint density at radius 2 is 2.00 bits per heavy atom. The van der Waals surface area contributed by atoms with Crippen molar-refractivity contribution in [1.82, 2.24) is 9.88 Å². The zero-order chi connectivity index (χ0) is 21.1. The fourth-order valence-corrected chi connectivity index (χ4v) is 4.05. The van der Waals surface area contributed by atoms with E-state index >= 15 is 0 Å². The molecule has 5 nitrogen and oxygen atoms in total. The smallest absolute Gasteiger partial charge is 0.0897 e. The lowest BCUT2D eigenvalue weighted by atomic mass is 9.97. The minimum Gasteiger partial charge on any atom is -0.394 e. The molecule has 2 heterocycles. The van der Waals surface area contributed by atoms with E-state index < -0.39 is 6.10 Å². The lowest BCUT2D eigenvalue weighted by Crippen LogP contribution is -2.38. The average molecular weight is 404 g/mol. The van der Waals surface area contributed by atoms with Crippen molar-refractivity contribution in [3.8, 4) is 11.3 Å². The van der Waals surface area contributed by atoms with Crippen LogP contribution in [-0.4, -0.2) is 45.9 Å². The van der Waals surface area contributed by atoms with E-state index in [-0.39, 0.29) is 6.61 Å². The fourth-order valence-electron chi connectivity index (χ4n) is 4.05. The second-order valence-corrected chi connectivity index (χ2v) is 8.14. The molecule has 1 aromatic heterocycles. The largest absolute Gasteiger partial charge is 0.394 e. The first-order valence-corrected chi connectivity index (χ1v) is 10.5. The van der Waals surface area contributed by atoms with Crippen molar-refractivity contribution in [1.29, 1.82) is 0 Å². The molecule has 5 heteroatoms. The van der Waals surface area contributed by atoms with Gasteiger partial charge in [0.2, 0.25) is 0 Å². The summed E-state index contributed by atoms with van der Waals surface area (Å²) in [5, 5.41) is 22.5. The number of hydrogen-bond donors (Lipinski definition) is 3. The summed E-state index contributed by atoms with van der Waals surface area (Å²) in [5.74, 6) is 0. The highest BCUT2D eigenvalue weighted by Gasteiger charge is 2.20. The van der Waals surface area contributed by atoms with Gasteiger partial charge in [0, 0.05) is 42.8 Å². The molecule has 156 valence electrons. The number of β-amino-alcohol motifs (C(OH)–C–C–N with tert-alkyl or cyclic N) is 1. The average Bonchev–Trinajstić information content (AvgIpc) is 2.75. The van der Waals surface area contributed by atoms with Gasteiger partial charge in [0.25, 0.3) is 0 Å². The zero-order valence-electron chi connectivity index (χ0n) is 17.6. The molecule has 0 amide bonds. The summed E-state index contributed by atoms with van der Waals surface area (Å²) in [6, 6.07) is 16.9. The van der Waals surface area contributed by atoms with Gasteiger partial charge in [-0.15, -0.1) is 0 Å². The molecule has 0 bridgehead atoms. The molecular formula is C25H29N3O2. The Bertz CT molecular complexity index is 1020. The molecule has 1 unspecified atom stereocenters. The Morgan fingerprint density at radius 3 is 2.77 bits per heavy atom. The second-order valence-electron chi connectivity index (χ2n) is 8.14. The standard InChI is InChI=1S/C25H29N3O2/c1-17-6-9-24(26-13-17)23-12-20(8-7-18(23)2)27-25-5-3-4-19-14-28(11-10-22(19)25)15-21(30)16-29/h3-9,12-13,21,27,29-30H,10-11,14-16H2,1-2H3. The van der Waals surface area contributed by atoms with Gasteiger partial charge in [0.05, 0.1) is 18.4 Å². The van der Waals surface area contributed by atoms with Gasteiger partial charge in [0.1, 0.15) is 0 Å². The maximum atomic E-state index is 9.76. The van der Waals surface area contributed by atoms with E-state index in [4.69, 9.17) is 5.11 Å². The van der Waals surface area contributed by atoms with Crippen LogP contribution in [0.5, 0.6) is 0 Å². The fraction of sp³-hybridized carbons (Fsp3) is 0.320. The van der Waals surface area contributed by atoms with Gasteiger partial charge in [0.15, 0.2) is 0 Å². The molecule has 4 rings (SSSR count). The summed E-state index contributed by atoms with van der Waals surface area (Å²) >= 11 is 0. The number of rotatable bonds is 6. The van der Waals surface area contributed by atoms with Crippen LogP contribution in [-0.2, 0) is 13.0 Å². The predicted molar refractivity (Wildman–Crippen MR) is 121 cm³/mol. The highest BCUT2D eigenvalue weighted by molar-refractivity contribution is 5.73. The van der Waals surface area contributed by atoms with Gasteiger partial charge in [-0.25, -0.2) is 0 Å². The molecule has 3 aromatic rings. The van der Waals surface area contributed by atoms with Crippen LogP contribution < -0.4 is 5.32 Å². The third-order valence-electron chi connectivity index (χ3n) is 5.73. The van der Waals surface area contributed by atoms with Crippen molar-refractivity contribution in [3.63, 3.8) is 0 Å². The molecule has 30 heavy (non-hydrogen) atoms. The maximum Gasteiger partial charge on any atom is 0.0897 e. The molecule has 0 fully saturated rings. The highest BCUT2D eigenvalue weighted by atomic mass is 16.3. The van der Waals surface area contributed by atoms with Gasteiger partial charge in [-0.3, -0.25) is 9.88 Å². The summed E-state index contributed by atoms with van der Waals surface area (Å²) in [6.07, 6.45) is 2.13. The number of aryl methyl sites for hydroxylation is 2. The summed E-state index contributed by atoms with van der Waals surface area (Å²) in [7, 11) is 0. The van der Waals surface area contributed by atoms with Gasteiger partial charge in [-0.1, -0.05) is 24.3 Å². The van der Waals surface area contributed by atoms with Gasteiger partial charge in [-0.05, 0) is 66.8 Å². The topological polar surface area (TPSA) is 68.6 Å². The molecule has 0 spiro atoms. The second kappa shape index (κ2) is 8.96. The van der Waals surface area contributed by atoms with Crippen LogP contribution in [0.2, 0.25) is 0 Å². The normalized spacial score (nSPS) is 14.9. The van der Waals surface area contributed by atoms with E-state index in [0.717, 1.165) is 47.7 Å². The minimum absolute atomic E-state index is 0.198. The van der Waals surface area contributed by atoms with E-state index in [1.165, 1.54) is 16.7 Å². The molecule has 2 aromatic carbocycles. The number of pyridine rings is 1. The van der Waals surface area contributed by atoms with Crippen LogP contribution in [0, 0.1) is 13.8 Å². The number of hydrogen-bond acceptors (Lipinski definition) is 5. The Kier molecular flexibility index (Phi) is 6.13. The molecule has 3 N–H and O–H groups in total. The molecule has 0 radical (unpaired) electrons. The number of aliphatic hydroxyl groups excluding tert-OH is 2. The number of anilines is 2. The molecule has 1 aliphatic rings. The third-order valence-corrected chi connectivity index (χ3v) is 5.73. The summed E-state index contributed by atoms with van der Waals surface area (Å²) in [6.45, 7) is 6.12. The van der Waals surface area contributed by atoms with Crippen molar-refractivity contribution in [2.75, 3.05) is 25.0 Å². The zero-order valence-corrected chi connectivity index (χ0v) is 17.6. The van der Waals surface area contributed by atoms with E-state index in [0.29, 0.717) is 6.54 Å². The van der Waals surface area contributed by atoms with Crippen molar-refractivity contribution >= 4 is 11.4 Å². The Morgan fingerprint density at radius 1 is 1.13 bits per heavy atom. The van der Waals surface area contributed by atoms with Gasteiger partial charge >= 0.3 is 0 Å². The minimum atomic E-state index is -0.686. The van der Waals surface area contributed by atoms with Crippen LogP contribution in [0.15, 0.2) is 54.7 Å². The lowest BCUT2D eigenvalue weighted by molar-refractivity contribution is 0.0551. The summed E-state index contributed by atoms with van der Waals surface area (Å²) in [4.78, 5) is 6.79. The van der Waals surface area contributed by atoms with E-state index in [1.54, 1.807) is 0 Å². The quantitative estimate of drug-likeness (QED) is 0.584. The molecule has 1 aliphatic heterocycles. The van der Waals surface area contributed by atoms with Crippen LogP contribution in [0.25, 0.3) is 11.3 Å². The number of nitrogens with zero attached hydrogens (tertiary/aromatic N) is 2. The summed E-state index contributed by atoms with van der Waals surface area (Å²) < 4.78 is 0. The van der Waals surface area contributed by atoms with Crippen molar-refractivity contribution < 1.29 is 10.2 Å². The molecule has 0 aliphatic carbocycles. The maximum absolute atomic E-state index is 9.76. The number of nitrogens with one attached hydrogen (secondary N) is 1. The predicted octanol–water partition coefficient (Wildman–Crippen LogP) is 3.82. The molecular weight excluding hydrogens is 374 g/mol. The van der Waals surface area contributed by atoms with E-state index in [2.05, 4.69) is 70.7 Å². The SMILES string of the molecule is Cc1ccc(-c2cc(Nc3cccc4c3CCN(CC(O)CO)C4)ccc2C)nc1. The number of aromatic nitrogens is 1. The monoisotopic (exact) mass is 403 g/mol. The Hall–Kier alpha value is -2.73. The summed E-state index contributed by atoms with van der Waals surface area (Å²) in [5.41, 5.74) is 9.23. The third kappa shape index (κ3) is 4.54. The Labute approximate surface area is 178 Å². The van der Waals surface area contributed by atoms with Crippen LogP contribution in [0.1, 0.15) is 22.3 Å². The molecule has 0 saturated heterocycles. The number of benzene rings is 2. The number of fused-ring (bicyclic) bond motifs is 1. The van der Waals surface area contributed by atoms with E-state index in [1.807, 2.05) is 13.1 Å². The van der Waals surface area contributed by atoms with Crippen molar-refractivity contribution in [3.05, 3.63) is 77.0 Å². The highest BCUT2D eigenvalue weighted by Crippen LogP contribution is 2.31. The molecule has 1 atom stereocenters. The van der Waals surface area contributed by atoms with Crippen molar-refractivity contribution in [2.24, 2.45) is 0 Å². The number of aliphatic hydroxyl groups is 2. The van der Waals surface area contributed by atoms with Crippen LogP contribution in [0.3, 0.4) is 0 Å². The van der Waals surface area contributed by atoms with Crippen LogP contribution >= 0.6 is 0 Å². The first-order chi connectivity index (χ1) is 14.5. The van der Waals surface area contributed by atoms with E-state index in [9.17, 15) is 5.11 Å².